The molecule has 5 nitrogen and oxygen atoms in total. The van der Waals surface area contributed by atoms with Crippen LogP contribution in [0.25, 0.3) is 0 Å². The second-order valence-electron chi connectivity index (χ2n) is 6.35. The number of aliphatic hydroxyl groups excluding tert-OH is 1. The molecule has 0 heterocycles. The lowest BCUT2D eigenvalue weighted by molar-refractivity contribution is -0.142. The van der Waals surface area contributed by atoms with E-state index in [0.717, 1.165) is 11.1 Å². The summed E-state index contributed by atoms with van der Waals surface area (Å²) in [6, 6.07) is 13.9. The van der Waals surface area contributed by atoms with Crippen LogP contribution < -0.4 is 5.73 Å². The molecule has 0 aromatic heterocycles. The van der Waals surface area contributed by atoms with Crippen LogP contribution in [0.5, 0.6) is 0 Å². The molecule has 3 unspecified atom stereocenters. The van der Waals surface area contributed by atoms with Crippen LogP contribution >= 0.6 is 0 Å². The Balaban J connectivity index is 1.97. The zero-order valence-electron chi connectivity index (χ0n) is 14.2. The fourth-order valence-electron chi connectivity index (χ4n) is 2.77. The highest BCUT2D eigenvalue weighted by Gasteiger charge is 2.25. The summed E-state index contributed by atoms with van der Waals surface area (Å²) in [6.45, 7) is 0. The van der Waals surface area contributed by atoms with Crippen LogP contribution in [0.2, 0.25) is 0 Å². The van der Waals surface area contributed by atoms with Crippen molar-refractivity contribution in [2.45, 2.75) is 31.4 Å². The van der Waals surface area contributed by atoms with Crippen molar-refractivity contribution in [1.29, 1.82) is 5.26 Å². The summed E-state index contributed by atoms with van der Waals surface area (Å²) in [5.41, 5.74) is 8.04. The molecular weight excluding hydrogens is 335 g/mol. The molecular formula is C20H21FN2O3. The van der Waals surface area contributed by atoms with Crippen molar-refractivity contribution in [2.75, 3.05) is 0 Å². The van der Waals surface area contributed by atoms with Crippen LogP contribution in [-0.4, -0.2) is 28.3 Å². The Bertz CT molecular complexity index is 769. The summed E-state index contributed by atoms with van der Waals surface area (Å²) in [5.74, 6) is -2.16. The highest BCUT2D eigenvalue weighted by atomic mass is 19.1. The van der Waals surface area contributed by atoms with Crippen molar-refractivity contribution in [3.8, 4) is 6.07 Å². The van der Waals surface area contributed by atoms with Crippen molar-refractivity contribution in [3.63, 3.8) is 0 Å². The van der Waals surface area contributed by atoms with E-state index in [2.05, 4.69) is 0 Å². The molecule has 0 aliphatic carbocycles. The summed E-state index contributed by atoms with van der Waals surface area (Å²) in [4.78, 5) is 11.5. The number of halogens is 1. The Morgan fingerprint density at radius 3 is 2.15 bits per heavy atom. The first kappa shape index (κ1) is 19.6. The van der Waals surface area contributed by atoms with Gasteiger partial charge in [-0.05, 0) is 54.7 Å². The highest BCUT2D eigenvalue weighted by Crippen LogP contribution is 2.18. The molecule has 0 radical (unpaired) electrons. The van der Waals surface area contributed by atoms with Gasteiger partial charge < -0.3 is 15.9 Å². The number of aliphatic carboxylic acids is 1. The van der Waals surface area contributed by atoms with E-state index < -0.39 is 24.0 Å². The van der Waals surface area contributed by atoms with Gasteiger partial charge in [-0.3, -0.25) is 4.79 Å². The van der Waals surface area contributed by atoms with E-state index in [1.165, 1.54) is 12.1 Å². The SMILES string of the molecule is N#Cc1ccc(CC(CC(O)C(N)Cc2ccc(F)cc2)C(=O)O)cc1. The van der Waals surface area contributed by atoms with E-state index in [4.69, 9.17) is 11.0 Å². The van der Waals surface area contributed by atoms with E-state index in [1.807, 2.05) is 6.07 Å². The summed E-state index contributed by atoms with van der Waals surface area (Å²) in [6.07, 6.45) is -0.427. The summed E-state index contributed by atoms with van der Waals surface area (Å²) < 4.78 is 12.9. The van der Waals surface area contributed by atoms with Gasteiger partial charge in [0.1, 0.15) is 5.82 Å². The monoisotopic (exact) mass is 356 g/mol. The molecule has 4 N–H and O–H groups in total. The molecule has 2 rings (SSSR count). The smallest absolute Gasteiger partial charge is 0.306 e. The van der Waals surface area contributed by atoms with Gasteiger partial charge in [-0.2, -0.15) is 5.26 Å². The number of nitriles is 1. The molecule has 2 aromatic rings. The van der Waals surface area contributed by atoms with E-state index in [0.29, 0.717) is 12.0 Å². The zero-order chi connectivity index (χ0) is 19.1. The Labute approximate surface area is 151 Å². The van der Waals surface area contributed by atoms with E-state index in [9.17, 15) is 19.4 Å². The summed E-state index contributed by atoms with van der Waals surface area (Å²) in [7, 11) is 0. The third-order valence-corrected chi connectivity index (χ3v) is 4.32. The molecule has 0 aliphatic rings. The first-order valence-corrected chi connectivity index (χ1v) is 8.29. The molecule has 0 bridgehead atoms. The van der Waals surface area contributed by atoms with Gasteiger partial charge in [0, 0.05) is 6.04 Å². The van der Waals surface area contributed by atoms with E-state index in [-0.39, 0.29) is 18.7 Å². The molecule has 136 valence electrons. The summed E-state index contributed by atoms with van der Waals surface area (Å²) >= 11 is 0. The zero-order valence-corrected chi connectivity index (χ0v) is 14.2. The molecule has 2 aromatic carbocycles. The molecule has 0 fully saturated rings. The normalized spacial score (nSPS) is 14.2. The number of nitrogens with two attached hydrogens (primary N) is 1. The molecule has 26 heavy (non-hydrogen) atoms. The van der Waals surface area contributed by atoms with Crippen LogP contribution in [0.4, 0.5) is 4.39 Å². The molecule has 3 atom stereocenters. The maximum absolute atomic E-state index is 12.9. The fraction of sp³-hybridized carbons (Fsp3) is 0.300. The van der Waals surface area contributed by atoms with Crippen molar-refractivity contribution in [3.05, 3.63) is 71.0 Å². The number of benzene rings is 2. The third-order valence-electron chi connectivity index (χ3n) is 4.32. The van der Waals surface area contributed by atoms with Crippen LogP contribution in [0.1, 0.15) is 23.1 Å². The number of carboxylic acids is 1. The number of aliphatic hydroxyl groups is 1. The van der Waals surface area contributed by atoms with Gasteiger partial charge in [-0.1, -0.05) is 24.3 Å². The fourth-order valence-corrected chi connectivity index (χ4v) is 2.77. The number of nitrogens with zero attached hydrogens (tertiary/aromatic N) is 1. The Morgan fingerprint density at radius 1 is 1.08 bits per heavy atom. The minimum atomic E-state index is -1.01. The lowest BCUT2D eigenvalue weighted by atomic mass is 9.89. The second-order valence-corrected chi connectivity index (χ2v) is 6.35. The average Bonchev–Trinajstić information content (AvgIpc) is 2.63. The minimum Gasteiger partial charge on any atom is -0.481 e. The predicted molar refractivity (Wildman–Crippen MR) is 94.7 cm³/mol. The molecule has 0 saturated heterocycles. The maximum Gasteiger partial charge on any atom is 0.306 e. The quantitative estimate of drug-likeness (QED) is 0.672. The van der Waals surface area contributed by atoms with E-state index in [1.54, 1.807) is 36.4 Å². The van der Waals surface area contributed by atoms with Crippen molar-refractivity contribution in [1.82, 2.24) is 0 Å². The Morgan fingerprint density at radius 2 is 1.62 bits per heavy atom. The minimum absolute atomic E-state index is 0.0116. The topological polar surface area (TPSA) is 107 Å². The first-order chi connectivity index (χ1) is 12.4. The van der Waals surface area contributed by atoms with Crippen molar-refractivity contribution in [2.24, 2.45) is 11.7 Å². The lowest BCUT2D eigenvalue weighted by Crippen LogP contribution is -2.39. The van der Waals surface area contributed by atoms with Crippen LogP contribution in [0.15, 0.2) is 48.5 Å². The van der Waals surface area contributed by atoms with Gasteiger partial charge in [0.25, 0.3) is 0 Å². The third kappa shape index (κ3) is 5.66. The average molecular weight is 356 g/mol. The summed E-state index contributed by atoms with van der Waals surface area (Å²) in [5, 5.41) is 28.6. The van der Waals surface area contributed by atoms with Crippen molar-refractivity contribution < 1.29 is 19.4 Å². The van der Waals surface area contributed by atoms with Gasteiger partial charge in [0.05, 0.1) is 23.7 Å². The van der Waals surface area contributed by atoms with Gasteiger partial charge in [0.2, 0.25) is 0 Å². The van der Waals surface area contributed by atoms with Crippen LogP contribution in [0, 0.1) is 23.1 Å². The maximum atomic E-state index is 12.9. The van der Waals surface area contributed by atoms with Gasteiger partial charge in [-0.25, -0.2) is 4.39 Å². The standard InChI is InChI=1S/C20H21FN2O3/c21-17-7-5-14(6-8-17)10-18(23)19(24)11-16(20(25)26)9-13-1-3-15(12-22)4-2-13/h1-8,16,18-19,24H,9-11,23H2,(H,25,26). The van der Waals surface area contributed by atoms with Gasteiger partial charge in [-0.15, -0.1) is 0 Å². The Kier molecular flexibility index (Phi) is 6.84. The lowest BCUT2D eigenvalue weighted by Gasteiger charge is -2.22. The van der Waals surface area contributed by atoms with Gasteiger partial charge >= 0.3 is 5.97 Å². The first-order valence-electron chi connectivity index (χ1n) is 8.29. The van der Waals surface area contributed by atoms with Gasteiger partial charge in [0.15, 0.2) is 0 Å². The number of hydrogen-bond donors (Lipinski definition) is 3. The molecule has 6 heteroatoms. The number of carbonyl (C=O) groups is 1. The predicted octanol–water partition coefficient (Wildman–Crippen LogP) is 2.26. The largest absolute Gasteiger partial charge is 0.481 e. The molecule has 0 aliphatic heterocycles. The number of rotatable bonds is 8. The highest BCUT2D eigenvalue weighted by molar-refractivity contribution is 5.70. The van der Waals surface area contributed by atoms with Crippen LogP contribution in [-0.2, 0) is 17.6 Å². The van der Waals surface area contributed by atoms with Crippen LogP contribution in [0.3, 0.4) is 0 Å². The van der Waals surface area contributed by atoms with Crippen molar-refractivity contribution >= 4 is 5.97 Å². The second kappa shape index (κ2) is 9.09. The number of hydrogen-bond acceptors (Lipinski definition) is 4. The molecule has 0 amide bonds. The number of carboxylic acid groups (broad SMARTS) is 1. The molecule has 0 saturated carbocycles. The van der Waals surface area contributed by atoms with E-state index >= 15 is 0 Å². The molecule has 0 spiro atoms. The Hall–Kier alpha value is -2.75.